The normalized spacial score (nSPS) is 17.6. The minimum Gasteiger partial charge on any atom is -0.0805 e. The molecule has 2 aliphatic rings. The highest BCUT2D eigenvalue weighted by molar-refractivity contribution is 5.24. The van der Waals surface area contributed by atoms with Crippen molar-refractivity contribution in [2.75, 3.05) is 0 Å². The fraction of sp³-hybridized carbons (Fsp3) is 0.467. The van der Waals surface area contributed by atoms with Gasteiger partial charge in [-0.25, -0.2) is 0 Å². The van der Waals surface area contributed by atoms with E-state index in [2.05, 4.69) is 57.2 Å². The molecule has 0 nitrogen and oxygen atoms in total. The van der Waals surface area contributed by atoms with Gasteiger partial charge in [0, 0.05) is 0 Å². The lowest BCUT2D eigenvalue weighted by atomic mass is 10.0. The van der Waals surface area contributed by atoms with Crippen molar-refractivity contribution in [1.29, 1.82) is 0 Å². The van der Waals surface area contributed by atoms with Gasteiger partial charge in [-0.2, -0.15) is 0 Å². The van der Waals surface area contributed by atoms with E-state index in [-0.39, 0.29) is 0 Å². The van der Waals surface area contributed by atoms with Gasteiger partial charge in [0.05, 0.1) is 0 Å². The molecular formula is C15H22. The van der Waals surface area contributed by atoms with Crippen LogP contribution in [0.1, 0.15) is 40.0 Å². The highest BCUT2D eigenvalue weighted by Gasteiger charge is 2.01. The van der Waals surface area contributed by atoms with Crippen LogP contribution in [0.25, 0.3) is 0 Å². The molecular weight excluding hydrogens is 180 g/mol. The van der Waals surface area contributed by atoms with Gasteiger partial charge in [-0.15, -0.1) is 0 Å². The number of allylic oxidation sites excluding steroid dienone is 8. The summed E-state index contributed by atoms with van der Waals surface area (Å²) in [6.07, 6.45) is 16.6. The summed E-state index contributed by atoms with van der Waals surface area (Å²) in [4.78, 5) is 0. The summed E-state index contributed by atoms with van der Waals surface area (Å²) < 4.78 is 0. The van der Waals surface area contributed by atoms with Crippen LogP contribution < -0.4 is 0 Å². The fourth-order valence-corrected chi connectivity index (χ4v) is 1.65. The summed E-state index contributed by atoms with van der Waals surface area (Å²) in [5, 5.41) is 0. The molecule has 0 saturated carbocycles. The van der Waals surface area contributed by atoms with Gasteiger partial charge in [-0.1, -0.05) is 68.4 Å². The van der Waals surface area contributed by atoms with Crippen LogP contribution in [0.4, 0.5) is 0 Å². The molecule has 0 fully saturated rings. The maximum atomic E-state index is 2.23. The van der Waals surface area contributed by atoms with Crippen LogP contribution >= 0.6 is 0 Å². The zero-order valence-corrected chi connectivity index (χ0v) is 10.2. The molecule has 0 heteroatoms. The van der Waals surface area contributed by atoms with Crippen LogP contribution in [0.2, 0.25) is 0 Å². The third-order valence-electron chi connectivity index (χ3n) is 2.84. The molecule has 2 rings (SSSR count). The topological polar surface area (TPSA) is 0 Å². The van der Waals surface area contributed by atoms with E-state index in [0.29, 0.717) is 0 Å². The van der Waals surface area contributed by atoms with E-state index in [1.165, 1.54) is 19.3 Å². The molecule has 0 amide bonds. The lowest BCUT2D eigenvalue weighted by Gasteiger charge is -2.02. The zero-order valence-electron chi connectivity index (χ0n) is 10.2. The first-order chi connectivity index (χ1) is 7.24. The van der Waals surface area contributed by atoms with E-state index in [9.17, 15) is 0 Å². The van der Waals surface area contributed by atoms with Gasteiger partial charge in [0.15, 0.2) is 0 Å². The Kier molecular flexibility index (Phi) is 5.17. The third kappa shape index (κ3) is 4.33. The molecule has 0 heterocycles. The molecule has 0 aromatic carbocycles. The summed E-state index contributed by atoms with van der Waals surface area (Å²) >= 11 is 0. The van der Waals surface area contributed by atoms with Gasteiger partial charge < -0.3 is 0 Å². The van der Waals surface area contributed by atoms with Gasteiger partial charge in [-0.3, -0.25) is 0 Å². The molecule has 2 aliphatic carbocycles. The highest BCUT2D eigenvalue weighted by atomic mass is 14.1. The summed E-state index contributed by atoms with van der Waals surface area (Å²) in [5.74, 6) is 0.741. The van der Waals surface area contributed by atoms with Crippen molar-refractivity contribution >= 4 is 0 Å². The molecule has 15 heavy (non-hydrogen) atoms. The SMILES string of the molecule is CC(C)C1=CC=CC1.CCC1=CC=CC1. The predicted molar refractivity (Wildman–Crippen MR) is 68.8 cm³/mol. The molecule has 0 saturated heterocycles. The predicted octanol–water partition coefficient (Wildman–Crippen LogP) is 4.81. The van der Waals surface area contributed by atoms with Gasteiger partial charge in [0.2, 0.25) is 0 Å². The van der Waals surface area contributed by atoms with Crippen molar-refractivity contribution in [1.82, 2.24) is 0 Å². The summed E-state index contributed by atoms with van der Waals surface area (Å²) in [5.41, 5.74) is 3.12. The van der Waals surface area contributed by atoms with Crippen LogP contribution in [0, 0.1) is 5.92 Å². The third-order valence-corrected chi connectivity index (χ3v) is 2.84. The summed E-state index contributed by atoms with van der Waals surface area (Å²) in [6, 6.07) is 0. The molecule has 0 atom stereocenters. The number of rotatable bonds is 2. The van der Waals surface area contributed by atoms with Crippen molar-refractivity contribution in [3.8, 4) is 0 Å². The van der Waals surface area contributed by atoms with Gasteiger partial charge in [-0.05, 0) is 25.2 Å². The largest absolute Gasteiger partial charge is 0.0805 e. The van der Waals surface area contributed by atoms with Crippen molar-refractivity contribution in [2.24, 2.45) is 5.92 Å². The Balaban J connectivity index is 0.000000151. The van der Waals surface area contributed by atoms with Crippen LogP contribution in [0.5, 0.6) is 0 Å². The van der Waals surface area contributed by atoms with E-state index in [1.54, 1.807) is 11.1 Å². The standard InChI is InChI=1S/C8H12.C7H10/c1-7(2)8-5-3-4-6-8;1-2-7-5-3-4-6-7/h3-5,7H,6H2,1-2H3;3-5H,2,6H2,1H3. The van der Waals surface area contributed by atoms with Crippen molar-refractivity contribution in [2.45, 2.75) is 40.0 Å². The first kappa shape index (κ1) is 12.0. The smallest absolute Gasteiger partial charge is 0.0130 e. The highest BCUT2D eigenvalue weighted by Crippen LogP contribution is 2.18. The quantitative estimate of drug-likeness (QED) is 0.602. The Morgan fingerprint density at radius 2 is 1.73 bits per heavy atom. The van der Waals surface area contributed by atoms with Crippen molar-refractivity contribution < 1.29 is 0 Å². The van der Waals surface area contributed by atoms with E-state index in [0.717, 1.165) is 5.92 Å². The number of hydrogen-bond donors (Lipinski definition) is 0. The minimum absolute atomic E-state index is 0.741. The molecule has 0 aromatic rings. The second kappa shape index (κ2) is 6.44. The lowest BCUT2D eigenvalue weighted by molar-refractivity contribution is 0.753. The van der Waals surface area contributed by atoms with Gasteiger partial charge in [0.25, 0.3) is 0 Å². The van der Waals surface area contributed by atoms with Crippen molar-refractivity contribution in [3.63, 3.8) is 0 Å². The molecule has 0 N–H and O–H groups in total. The fourth-order valence-electron chi connectivity index (χ4n) is 1.65. The van der Waals surface area contributed by atoms with Crippen LogP contribution in [-0.2, 0) is 0 Å². The minimum atomic E-state index is 0.741. The Hall–Kier alpha value is -1.04. The Labute approximate surface area is 94.1 Å². The second-order valence-electron chi connectivity index (χ2n) is 4.34. The van der Waals surface area contributed by atoms with Crippen LogP contribution in [0.3, 0.4) is 0 Å². The molecule has 0 aromatic heterocycles. The average Bonchev–Trinajstić information content (AvgIpc) is 2.92. The number of hydrogen-bond acceptors (Lipinski definition) is 0. The first-order valence-corrected chi connectivity index (χ1v) is 5.94. The molecule has 0 aliphatic heterocycles. The van der Waals surface area contributed by atoms with Crippen LogP contribution in [0.15, 0.2) is 47.6 Å². The van der Waals surface area contributed by atoms with Gasteiger partial charge in [0.1, 0.15) is 0 Å². The summed E-state index contributed by atoms with van der Waals surface area (Å²) in [7, 11) is 0. The van der Waals surface area contributed by atoms with Crippen LogP contribution in [-0.4, -0.2) is 0 Å². The maximum Gasteiger partial charge on any atom is -0.0130 e. The molecule has 0 spiro atoms. The van der Waals surface area contributed by atoms with E-state index < -0.39 is 0 Å². The van der Waals surface area contributed by atoms with Crippen molar-refractivity contribution in [3.05, 3.63) is 47.6 Å². The maximum absolute atomic E-state index is 2.23. The van der Waals surface area contributed by atoms with E-state index in [4.69, 9.17) is 0 Å². The molecule has 0 radical (unpaired) electrons. The zero-order chi connectivity index (χ0) is 11.1. The van der Waals surface area contributed by atoms with Gasteiger partial charge >= 0.3 is 0 Å². The second-order valence-corrected chi connectivity index (χ2v) is 4.34. The lowest BCUT2D eigenvalue weighted by Crippen LogP contribution is -1.88. The summed E-state index contributed by atoms with van der Waals surface area (Å²) in [6.45, 7) is 6.66. The Morgan fingerprint density at radius 1 is 1.07 bits per heavy atom. The Bertz CT molecular complexity index is 298. The van der Waals surface area contributed by atoms with E-state index in [1.807, 2.05) is 0 Å². The monoisotopic (exact) mass is 202 g/mol. The van der Waals surface area contributed by atoms with E-state index >= 15 is 0 Å². The molecule has 82 valence electrons. The molecule has 0 bridgehead atoms. The molecule has 0 unspecified atom stereocenters. The Morgan fingerprint density at radius 3 is 2.00 bits per heavy atom. The first-order valence-electron chi connectivity index (χ1n) is 5.94. The average molecular weight is 202 g/mol.